The van der Waals surface area contributed by atoms with E-state index in [4.69, 9.17) is 10.5 Å². The number of amides is 1. The van der Waals surface area contributed by atoms with Crippen LogP contribution in [0.3, 0.4) is 0 Å². The first-order valence-electron chi connectivity index (χ1n) is 5.48. The highest BCUT2D eigenvalue weighted by molar-refractivity contribution is 5.84. The largest absolute Gasteiger partial charge is 0.445 e. The van der Waals surface area contributed by atoms with Crippen molar-refractivity contribution < 1.29 is 14.5 Å². The van der Waals surface area contributed by atoms with Gasteiger partial charge in [0.2, 0.25) is 5.90 Å². The Hall–Kier alpha value is -2.64. The summed E-state index contributed by atoms with van der Waals surface area (Å²) < 4.78 is 5.16. The van der Waals surface area contributed by atoms with Crippen LogP contribution in [0.5, 0.6) is 0 Å². The Morgan fingerprint density at radius 2 is 2.16 bits per heavy atom. The summed E-state index contributed by atoms with van der Waals surface area (Å²) in [6.07, 6.45) is -0.935. The second-order valence-electron chi connectivity index (χ2n) is 4.01. The maximum absolute atomic E-state index is 11.2. The van der Waals surface area contributed by atoms with E-state index in [1.165, 1.54) is 17.1 Å². The number of nitro benzene ring substituents is 1. The monoisotopic (exact) mass is 264 g/mol. The number of hydrazone groups is 1. The molecule has 1 atom stereocenters. The summed E-state index contributed by atoms with van der Waals surface area (Å²) in [5.74, 6) is -0.284. The van der Waals surface area contributed by atoms with Crippen molar-refractivity contribution in [2.45, 2.75) is 19.7 Å². The average molecular weight is 264 g/mol. The van der Waals surface area contributed by atoms with Crippen molar-refractivity contribution in [3.63, 3.8) is 0 Å². The molecule has 19 heavy (non-hydrogen) atoms. The van der Waals surface area contributed by atoms with Gasteiger partial charge in [0.15, 0.2) is 0 Å². The summed E-state index contributed by atoms with van der Waals surface area (Å²) in [6.45, 7) is 1.90. The first-order valence-corrected chi connectivity index (χ1v) is 5.48. The Morgan fingerprint density at radius 1 is 1.53 bits per heavy atom. The van der Waals surface area contributed by atoms with E-state index in [1.807, 2.05) is 0 Å². The normalized spacial score (nSPS) is 17.8. The fourth-order valence-electron chi connectivity index (χ4n) is 1.71. The van der Waals surface area contributed by atoms with Gasteiger partial charge in [0.05, 0.1) is 11.5 Å². The molecule has 2 rings (SSSR count). The minimum Gasteiger partial charge on any atom is -0.445 e. The number of carbonyl (C=O) groups excluding carboxylic acids is 1. The number of non-ortho nitro benzene ring substituents is 1. The number of benzene rings is 1. The van der Waals surface area contributed by atoms with Crippen molar-refractivity contribution in [2.75, 3.05) is 0 Å². The molecule has 8 heteroatoms. The smallest absolute Gasteiger partial charge is 0.281 e. The van der Waals surface area contributed by atoms with E-state index in [0.29, 0.717) is 5.90 Å². The molecule has 1 aliphatic heterocycles. The van der Waals surface area contributed by atoms with E-state index >= 15 is 0 Å². The summed E-state index contributed by atoms with van der Waals surface area (Å²) in [5.41, 5.74) is 5.97. The summed E-state index contributed by atoms with van der Waals surface area (Å²) >= 11 is 0. The molecule has 1 heterocycles. The first-order chi connectivity index (χ1) is 8.97. The van der Waals surface area contributed by atoms with E-state index in [2.05, 4.69) is 5.10 Å². The Bertz CT molecular complexity index is 540. The van der Waals surface area contributed by atoms with Crippen molar-refractivity contribution >= 4 is 17.5 Å². The molecule has 0 saturated carbocycles. The molecule has 0 aliphatic carbocycles. The molecular formula is C11H12N4O4. The van der Waals surface area contributed by atoms with Gasteiger partial charge in [0.1, 0.15) is 0 Å². The molecule has 1 unspecified atom stereocenters. The average Bonchev–Trinajstić information content (AvgIpc) is 2.71. The minimum atomic E-state index is -0.935. The van der Waals surface area contributed by atoms with Gasteiger partial charge in [-0.2, -0.15) is 0 Å². The van der Waals surface area contributed by atoms with Crippen LogP contribution in [-0.2, 0) is 16.1 Å². The highest BCUT2D eigenvalue weighted by atomic mass is 16.6. The molecule has 100 valence electrons. The number of primary amides is 1. The first kappa shape index (κ1) is 12.8. The van der Waals surface area contributed by atoms with Crippen LogP contribution in [0, 0.1) is 10.1 Å². The topological polar surface area (TPSA) is 111 Å². The highest BCUT2D eigenvalue weighted by Gasteiger charge is 2.30. The van der Waals surface area contributed by atoms with Gasteiger partial charge in [-0.15, -0.1) is 5.10 Å². The van der Waals surface area contributed by atoms with Crippen molar-refractivity contribution in [3.8, 4) is 0 Å². The Kier molecular flexibility index (Phi) is 3.32. The Labute approximate surface area is 108 Å². The Morgan fingerprint density at radius 3 is 2.68 bits per heavy atom. The third-order valence-electron chi connectivity index (χ3n) is 2.56. The summed E-state index contributed by atoms with van der Waals surface area (Å²) in [6, 6.07) is 5.98. The van der Waals surface area contributed by atoms with Crippen LogP contribution < -0.4 is 5.73 Å². The lowest BCUT2D eigenvalue weighted by atomic mass is 10.2. The third-order valence-corrected chi connectivity index (χ3v) is 2.56. The lowest BCUT2D eigenvalue weighted by molar-refractivity contribution is -0.384. The quantitative estimate of drug-likeness (QED) is 0.631. The molecule has 8 nitrogen and oxygen atoms in total. The van der Waals surface area contributed by atoms with Gasteiger partial charge < -0.3 is 10.5 Å². The maximum Gasteiger partial charge on any atom is 0.281 e. The number of hydrogen-bond donors (Lipinski definition) is 1. The van der Waals surface area contributed by atoms with E-state index in [1.54, 1.807) is 19.1 Å². The van der Waals surface area contributed by atoms with Gasteiger partial charge in [-0.05, 0) is 5.56 Å². The van der Waals surface area contributed by atoms with Crippen LogP contribution in [0.15, 0.2) is 29.4 Å². The fraction of sp³-hybridized carbons (Fsp3) is 0.273. The van der Waals surface area contributed by atoms with Crippen LogP contribution in [0.2, 0.25) is 0 Å². The molecule has 1 amide bonds. The van der Waals surface area contributed by atoms with Crippen molar-refractivity contribution in [3.05, 3.63) is 39.9 Å². The zero-order valence-corrected chi connectivity index (χ0v) is 10.1. The molecule has 0 bridgehead atoms. The van der Waals surface area contributed by atoms with Crippen molar-refractivity contribution in [1.82, 2.24) is 5.01 Å². The van der Waals surface area contributed by atoms with Gasteiger partial charge in [-0.3, -0.25) is 14.9 Å². The molecule has 0 radical (unpaired) electrons. The predicted molar refractivity (Wildman–Crippen MR) is 65.8 cm³/mol. The van der Waals surface area contributed by atoms with Crippen LogP contribution in [0.1, 0.15) is 12.5 Å². The molecule has 2 N–H and O–H groups in total. The van der Waals surface area contributed by atoms with Crippen LogP contribution >= 0.6 is 0 Å². The van der Waals surface area contributed by atoms with E-state index < -0.39 is 17.1 Å². The van der Waals surface area contributed by atoms with Gasteiger partial charge >= 0.3 is 0 Å². The molecule has 0 aromatic heterocycles. The lowest BCUT2D eigenvalue weighted by Crippen LogP contribution is -2.40. The summed E-state index contributed by atoms with van der Waals surface area (Å²) in [4.78, 5) is 21.2. The lowest BCUT2D eigenvalue weighted by Gasteiger charge is -2.18. The molecule has 1 aliphatic rings. The van der Waals surface area contributed by atoms with Crippen LogP contribution in [0.25, 0.3) is 0 Å². The zero-order chi connectivity index (χ0) is 14.0. The number of carbonyl (C=O) groups is 1. The zero-order valence-electron chi connectivity index (χ0n) is 10.1. The predicted octanol–water partition coefficient (Wildman–Crippen LogP) is 0.572. The van der Waals surface area contributed by atoms with Crippen molar-refractivity contribution in [2.24, 2.45) is 10.8 Å². The molecular weight excluding hydrogens is 252 g/mol. The fourth-order valence-corrected chi connectivity index (χ4v) is 1.71. The second-order valence-corrected chi connectivity index (χ2v) is 4.01. The van der Waals surface area contributed by atoms with Gasteiger partial charge in [0, 0.05) is 19.1 Å². The summed E-state index contributed by atoms with van der Waals surface area (Å²) in [5, 5.41) is 16.0. The number of nitrogens with two attached hydrogens (primary N) is 1. The minimum absolute atomic E-state index is 0.00700. The van der Waals surface area contributed by atoms with Crippen LogP contribution in [-0.4, -0.2) is 28.0 Å². The number of rotatable bonds is 4. The van der Waals surface area contributed by atoms with Gasteiger partial charge in [0.25, 0.3) is 17.8 Å². The molecule has 0 saturated heterocycles. The second kappa shape index (κ2) is 4.92. The Balaban J connectivity index is 2.11. The molecule has 0 spiro atoms. The van der Waals surface area contributed by atoms with Gasteiger partial charge in [-0.25, -0.2) is 5.01 Å². The van der Waals surface area contributed by atoms with Crippen LogP contribution in [0.4, 0.5) is 5.69 Å². The molecule has 0 fully saturated rings. The van der Waals surface area contributed by atoms with Gasteiger partial charge in [-0.1, -0.05) is 12.1 Å². The number of ether oxygens (including phenoxy) is 1. The van der Waals surface area contributed by atoms with E-state index in [-0.39, 0.29) is 12.2 Å². The summed E-state index contributed by atoms with van der Waals surface area (Å²) in [7, 11) is 0. The van der Waals surface area contributed by atoms with E-state index in [0.717, 1.165) is 5.56 Å². The number of nitro groups is 1. The number of hydrogen-bond acceptors (Lipinski definition) is 6. The standard InChI is InChI=1S/C11H12N4O4/c1-7-13-14(11(19-7)10(12)16)6-8-2-4-9(5-3-8)15(17)18/h2-5,11H,6H2,1H3,(H2,12,16). The maximum atomic E-state index is 11.2. The highest BCUT2D eigenvalue weighted by Crippen LogP contribution is 2.18. The molecule has 1 aromatic carbocycles. The van der Waals surface area contributed by atoms with E-state index in [9.17, 15) is 14.9 Å². The number of nitrogens with zero attached hydrogens (tertiary/aromatic N) is 3. The SMILES string of the molecule is CC1=NN(Cc2ccc([N+](=O)[O-])cc2)C(C(N)=O)O1. The third kappa shape index (κ3) is 2.79. The van der Waals surface area contributed by atoms with Crippen molar-refractivity contribution in [1.29, 1.82) is 0 Å². The molecule has 1 aromatic rings.